The number of carbonyl (C=O) groups excluding carboxylic acids is 1. The van der Waals surface area contributed by atoms with Crippen molar-refractivity contribution in [2.75, 3.05) is 57.7 Å². The third-order valence-corrected chi connectivity index (χ3v) is 11.7. The molecule has 6 rings (SSSR count). The van der Waals surface area contributed by atoms with Crippen molar-refractivity contribution in [3.63, 3.8) is 0 Å². The molecule has 3 saturated heterocycles. The summed E-state index contributed by atoms with van der Waals surface area (Å²) in [7, 11) is 0. The van der Waals surface area contributed by atoms with E-state index in [0.717, 1.165) is 61.2 Å². The molecule has 0 bridgehead atoms. The lowest BCUT2D eigenvalue weighted by Gasteiger charge is -2.25. The highest BCUT2D eigenvalue weighted by molar-refractivity contribution is 5.89. The molecule has 6 atom stereocenters. The van der Waals surface area contributed by atoms with E-state index in [4.69, 9.17) is 4.74 Å². The summed E-state index contributed by atoms with van der Waals surface area (Å²) in [5.41, 5.74) is 3.98. The average Bonchev–Trinajstić information content (AvgIpc) is 4.00. The number of amides is 2. The number of urea groups is 1. The Labute approximate surface area is 328 Å². The van der Waals surface area contributed by atoms with Gasteiger partial charge in [-0.2, -0.15) is 0 Å². The number of hydrogen-bond donors (Lipinski definition) is 7. The molecule has 0 aromatic heterocycles. The normalized spacial score (nSPS) is 20.9. The van der Waals surface area contributed by atoms with Crippen molar-refractivity contribution in [3.05, 3.63) is 95.1 Å². The number of rotatable bonds is 19. The van der Waals surface area contributed by atoms with Crippen molar-refractivity contribution in [3.8, 4) is 5.75 Å². The van der Waals surface area contributed by atoms with Crippen LogP contribution < -0.4 is 26.0 Å². The van der Waals surface area contributed by atoms with E-state index >= 15 is 0 Å². The molecule has 3 fully saturated rings. The van der Waals surface area contributed by atoms with Gasteiger partial charge >= 0.3 is 23.9 Å². The summed E-state index contributed by atoms with van der Waals surface area (Å²) >= 11 is 0. The highest BCUT2D eigenvalue weighted by Gasteiger charge is 2.33. The Morgan fingerprint density at radius 2 is 1.11 bits per heavy atom. The maximum absolute atomic E-state index is 14.0. The summed E-state index contributed by atoms with van der Waals surface area (Å²) in [4.78, 5) is 52.2. The molecule has 7 N–H and O–H groups in total. The predicted octanol–water partition coefficient (Wildman–Crippen LogP) is 4.36. The second-order valence-corrected chi connectivity index (χ2v) is 15.6. The Morgan fingerprint density at radius 1 is 0.643 bits per heavy atom. The van der Waals surface area contributed by atoms with E-state index in [1.165, 1.54) is 0 Å². The smallest absolute Gasteiger partial charge is 0.322 e. The largest absolute Gasteiger partial charge is 0.492 e. The van der Waals surface area contributed by atoms with Gasteiger partial charge in [-0.15, -0.1) is 0 Å². The first kappa shape index (κ1) is 40.7. The van der Waals surface area contributed by atoms with Crippen LogP contribution in [-0.4, -0.2) is 96.6 Å². The number of anilines is 1. The van der Waals surface area contributed by atoms with Crippen LogP contribution in [0.1, 0.15) is 41.5 Å². The Balaban J connectivity index is 1.15. The zero-order valence-electron chi connectivity index (χ0n) is 31.8. The van der Waals surface area contributed by atoms with Crippen molar-refractivity contribution in [1.29, 1.82) is 0 Å². The minimum absolute atomic E-state index is 0.0431. The number of benzene rings is 3. The van der Waals surface area contributed by atoms with Crippen LogP contribution >= 0.6 is 0 Å². The van der Waals surface area contributed by atoms with Gasteiger partial charge in [-0.25, -0.2) is 4.79 Å². The van der Waals surface area contributed by atoms with Crippen molar-refractivity contribution in [2.24, 2.45) is 35.5 Å². The van der Waals surface area contributed by atoms with Crippen LogP contribution in [0.5, 0.6) is 5.75 Å². The molecular formula is C43H55N5O8. The van der Waals surface area contributed by atoms with Crippen LogP contribution in [0.15, 0.2) is 72.8 Å². The van der Waals surface area contributed by atoms with Crippen molar-refractivity contribution in [2.45, 2.75) is 45.1 Å². The summed E-state index contributed by atoms with van der Waals surface area (Å²) < 4.78 is 6.16. The van der Waals surface area contributed by atoms with Gasteiger partial charge < -0.3 is 46.2 Å². The van der Waals surface area contributed by atoms with E-state index in [9.17, 15) is 34.5 Å². The number of nitrogens with zero attached hydrogens (tertiary/aromatic N) is 1. The molecule has 3 aliphatic rings. The van der Waals surface area contributed by atoms with E-state index in [1.54, 1.807) is 11.0 Å². The van der Waals surface area contributed by atoms with Gasteiger partial charge in [0.05, 0.1) is 24.3 Å². The second kappa shape index (κ2) is 19.7. The highest BCUT2D eigenvalue weighted by atomic mass is 16.5. The first-order valence-electron chi connectivity index (χ1n) is 19.9. The monoisotopic (exact) mass is 769 g/mol. The van der Waals surface area contributed by atoms with Crippen LogP contribution in [0.3, 0.4) is 0 Å². The lowest BCUT2D eigenvalue weighted by atomic mass is 9.86. The van der Waals surface area contributed by atoms with Gasteiger partial charge in [0, 0.05) is 12.2 Å². The Morgan fingerprint density at radius 3 is 1.61 bits per heavy atom. The van der Waals surface area contributed by atoms with Gasteiger partial charge in [-0.3, -0.25) is 14.4 Å². The Kier molecular flexibility index (Phi) is 14.3. The standard InChI is InChI=1S/C43H55N5O8/c49-40(50)37(32-10-13-44-24-32)21-28-4-1-7-31(18-28)27-48(16-17-56-36-9-3-6-30(20-36)23-39(42(53)54)34-12-15-46-26-34)43(55)47-35-8-2-5-29(19-35)22-38(41(51)52)33-11-14-45-25-33/h1-9,18-20,32-34,37-39,44-46H,10-17,21-27H2,(H,47,55)(H,49,50)(H,51,52)(H,53,54). The number of carbonyl (C=O) groups is 4. The van der Waals surface area contributed by atoms with Gasteiger partial charge in [-0.1, -0.05) is 48.5 Å². The van der Waals surface area contributed by atoms with E-state index in [2.05, 4.69) is 21.3 Å². The van der Waals surface area contributed by atoms with Gasteiger partial charge in [-0.05, 0) is 142 Å². The molecule has 300 valence electrons. The zero-order valence-corrected chi connectivity index (χ0v) is 31.8. The molecule has 13 heteroatoms. The molecule has 56 heavy (non-hydrogen) atoms. The molecule has 0 radical (unpaired) electrons. The molecule has 6 unspecified atom stereocenters. The van der Waals surface area contributed by atoms with Crippen LogP contribution in [0.2, 0.25) is 0 Å². The SMILES string of the molecule is O=C(O)C(Cc1cccc(CN(CCOc2cccc(CC(C(=O)O)C3CCNC3)c2)C(=O)Nc2cccc(CC(C(=O)O)C3CCNC3)c2)c1)C1CCNC1. The fraction of sp³-hybridized carbons (Fsp3) is 0.488. The minimum Gasteiger partial charge on any atom is -0.492 e. The minimum atomic E-state index is -0.825. The molecule has 3 aromatic carbocycles. The maximum Gasteiger partial charge on any atom is 0.322 e. The molecule has 13 nitrogen and oxygen atoms in total. The number of carboxylic acid groups (broad SMARTS) is 3. The van der Waals surface area contributed by atoms with Gasteiger partial charge in [0.2, 0.25) is 0 Å². The van der Waals surface area contributed by atoms with Gasteiger partial charge in [0.15, 0.2) is 0 Å². The van der Waals surface area contributed by atoms with Crippen molar-refractivity contribution in [1.82, 2.24) is 20.9 Å². The molecule has 0 spiro atoms. The zero-order chi connectivity index (χ0) is 39.4. The topological polar surface area (TPSA) is 190 Å². The number of aliphatic carboxylic acids is 3. The Hall–Kier alpha value is -4.98. The summed E-state index contributed by atoms with van der Waals surface area (Å²) in [6.07, 6.45) is 3.61. The maximum atomic E-state index is 14.0. The fourth-order valence-electron chi connectivity index (χ4n) is 8.53. The first-order valence-corrected chi connectivity index (χ1v) is 19.9. The third-order valence-electron chi connectivity index (χ3n) is 11.7. The summed E-state index contributed by atoms with van der Waals surface area (Å²) in [5, 5.41) is 42.8. The summed E-state index contributed by atoms with van der Waals surface area (Å²) in [6.45, 7) is 5.10. The number of carboxylic acids is 3. The number of hydrogen-bond acceptors (Lipinski definition) is 8. The van der Waals surface area contributed by atoms with Crippen molar-refractivity contribution < 1.29 is 39.2 Å². The molecule has 3 heterocycles. The lowest BCUT2D eigenvalue weighted by Crippen LogP contribution is -2.37. The fourth-order valence-corrected chi connectivity index (χ4v) is 8.53. The first-order chi connectivity index (χ1) is 27.1. The number of ether oxygens (including phenoxy) is 1. The predicted molar refractivity (Wildman–Crippen MR) is 212 cm³/mol. The molecule has 3 aromatic rings. The lowest BCUT2D eigenvalue weighted by molar-refractivity contribution is -0.144. The van der Waals surface area contributed by atoms with Gasteiger partial charge in [0.25, 0.3) is 0 Å². The molecule has 0 saturated carbocycles. The molecule has 0 aliphatic carbocycles. The second-order valence-electron chi connectivity index (χ2n) is 15.6. The van der Waals surface area contributed by atoms with E-state index < -0.39 is 35.7 Å². The van der Waals surface area contributed by atoms with E-state index in [0.29, 0.717) is 50.3 Å². The molecule has 2 amide bonds. The van der Waals surface area contributed by atoms with Gasteiger partial charge in [0.1, 0.15) is 12.4 Å². The quantitative estimate of drug-likeness (QED) is 0.0918. The van der Waals surface area contributed by atoms with E-state index in [1.807, 2.05) is 66.7 Å². The van der Waals surface area contributed by atoms with Crippen LogP contribution in [0.25, 0.3) is 0 Å². The van der Waals surface area contributed by atoms with Crippen molar-refractivity contribution >= 4 is 29.6 Å². The molecular weight excluding hydrogens is 714 g/mol. The van der Waals surface area contributed by atoms with Crippen LogP contribution in [-0.2, 0) is 40.2 Å². The highest BCUT2D eigenvalue weighted by Crippen LogP contribution is 2.28. The summed E-state index contributed by atoms with van der Waals surface area (Å²) in [6, 6.07) is 22.1. The Bertz CT molecular complexity index is 1800. The molecule has 3 aliphatic heterocycles. The number of nitrogens with one attached hydrogen (secondary N) is 4. The van der Waals surface area contributed by atoms with Crippen LogP contribution in [0.4, 0.5) is 10.5 Å². The van der Waals surface area contributed by atoms with Crippen LogP contribution in [0, 0.1) is 35.5 Å². The third kappa shape index (κ3) is 11.3. The van der Waals surface area contributed by atoms with E-state index in [-0.39, 0.29) is 43.5 Å². The summed E-state index contributed by atoms with van der Waals surface area (Å²) in [5.74, 6) is -3.22. The average molecular weight is 770 g/mol.